The second-order valence-electron chi connectivity index (χ2n) is 7.52. The molecular formula is C23H25N3O6. The smallest absolute Gasteiger partial charge is 0.407 e. The van der Waals surface area contributed by atoms with Crippen LogP contribution in [0.4, 0.5) is 4.79 Å². The molecule has 1 atom stereocenters. The van der Waals surface area contributed by atoms with Crippen LogP contribution in [0.1, 0.15) is 30.4 Å². The number of carboxylic acids is 1. The van der Waals surface area contributed by atoms with Gasteiger partial charge in [-0.05, 0) is 29.2 Å². The van der Waals surface area contributed by atoms with Crippen LogP contribution in [0.3, 0.4) is 0 Å². The topological polar surface area (TPSA) is 134 Å². The number of carbonyl (C=O) groups is 4. The summed E-state index contributed by atoms with van der Waals surface area (Å²) in [5, 5.41) is 15.8. The van der Waals surface area contributed by atoms with E-state index in [0.717, 1.165) is 22.3 Å². The zero-order valence-corrected chi connectivity index (χ0v) is 17.6. The number of aliphatic carboxylic acids is 1. The molecule has 3 amide bonds. The monoisotopic (exact) mass is 439 g/mol. The van der Waals surface area contributed by atoms with Crippen molar-refractivity contribution in [3.05, 3.63) is 59.7 Å². The predicted octanol–water partition coefficient (Wildman–Crippen LogP) is 1.62. The van der Waals surface area contributed by atoms with Crippen molar-refractivity contribution in [1.82, 2.24) is 16.0 Å². The lowest BCUT2D eigenvalue weighted by Gasteiger charge is -2.15. The number of hydrogen-bond acceptors (Lipinski definition) is 5. The van der Waals surface area contributed by atoms with E-state index in [2.05, 4.69) is 16.0 Å². The van der Waals surface area contributed by atoms with Crippen molar-refractivity contribution >= 4 is 23.9 Å². The van der Waals surface area contributed by atoms with Gasteiger partial charge in [0.2, 0.25) is 11.8 Å². The molecule has 0 radical (unpaired) electrons. The number of carbonyl (C=O) groups excluding carboxylic acids is 3. The van der Waals surface area contributed by atoms with Crippen molar-refractivity contribution < 1.29 is 29.0 Å². The molecule has 0 saturated heterocycles. The second kappa shape index (κ2) is 10.4. The van der Waals surface area contributed by atoms with Crippen molar-refractivity contribution in [3.8, 4) is 11.1 Å². The largest absolute Gasteiger partial charge is 0.481 e. The Morgan fingerprint density at radius 1 is 0.906 bits per heavy atom. The molecule has 0 aromatic heterocycles. The minimum Gasteiger partial charge on any atom is -0.481 e. The number of carboxylic acid groups (broad SMARTS) is 1. The minimum absolute atomic E-state index is 0.0848. The van der Waals surface area contributed by atoms with Crippen LogP contribution in [-0.2, 0) is 19.1 Å². The van der Waals surface area contributed by atoms with Gasteiger partial charge >= 0.3 is 12.1 Å². The lowest BCUT2D eigenvalue weighted by atomic mass is 9.98. The van der Waals surface area contributed by atoms with E-state index in [1.54, 1.807) is 6.92 Å². The van der Waals surface area contributed by atoms with E-state index < -0.39 is 29.9 Å². The molecule has 0 saturated carbocycles. The second-order valence-corrected chi connectivity index (χ2v) is 7.52. The summed E-state index contributed by atoms with van der Waals surface area (Å²) in [6.07, 6.45) is -0.954. The Labute approximate surface area is 185 Å². The summed E-state index contributed by atoms with van der Waals surface area (Å²) in [6, 6.07) is 15.4. The molecule has 0 bridgehead atoms. The van der Waals surface area contributed by atoms with Gasteiger partial charge in [-0.1, -0.05) is 48.5 Å². The van der Waals surface area contributed by atoms with Crippen LogP contribution in [0.2, 0.25) is 0 Å². The predicted molar refractivity (Wildman–Crippen MR) is 116 cm³/mol. The van der Waals surface area contributed by atoms with Crippen LogP contribution >= 0.6 is 0 Å². The highest BCUT2D eigenvalue weighted by Crippen LogP contribution is 2.44. The minimum atomic E-state index is -1.03. The van der Waals surface area contributed by atoms with E-state index in [-0.39, 0.29) is 32.0 Å². The molecule has 3 rings (SSSR count). The van der Waals surface area contributed by atoms with Gasteiger partial charge in [0.15, 0.2) is 0 Å². The average Bonchev–Trinajstić information content (AvgIpc) is 3.08. The molecule has 168 valence electrons. The third-order valence-electron chi connectivity index (χ3n) is 5.07. The molecule has 0 aliphatic heterocycles. The van der Waals surface area contributed by atoms with Crippen molar-refractivity contribution in [3.63, 3.8) is 0 Å². The van der Waals surface area contributed by atoms with E-state index in [1.165, 1.54) is 0 Å². The Morgan fingerprint density at radius 3 is 2.06 bits per heavy atom. The summed E-state index contributed by atoms with van der Waals surface area (Å²) in [5.41, 5.74) is 4.41. The highest BCUT2D eigenvalue weighted by Gasteiger charge is 2.29. The van der Waals surface area contributed by atoms with Crippen molar-refractivity contribution in [2.75, 3.05) is 19.7 Å². The van der Waals surface area contributed by atoms with Crippen LogP contribution in [0.25, 0.3) is 11.1 Å². The number of alkyl carbamates (subject to hydrolysis) is 1. The molecule has 2 aromatic carbocycles. The van der Waals surface area contributed by atoms with Crippen LogP contribution in [0.15, 0.2) is 48.5 Å². The number of amides is 3. The number of rotatable bonds is 9. The van der Waals surface area contributed by atoms with E-state index in [1.807, 2.05) is 48.5 Å². The summed E-state index contributed by atoms with van der Waals surface area (Å²) in [7, 11) is 0. The maximum absolute atomic E-state index is 12.1. The van der Waals surface area contributed by atoms with E-state index in [4.69, 9.17) is 9.84 Å². The molecule has 4 N–H and O–H groups in total. The SMILES string of the molecule is C[C@@H](CC(=O)O)NC(=O)CNC(=O)CNC(=O)OCC1c2ccccc2-c2ccccc21. The maximum Gasteiger partial charge on any atom is 0.407 e. The van der Waals surface area contributed by atoms with Crippen molar-refractivity contribution in [2.45, 2.75) is 25.3 Å². The van der Waals surface area contributed by atoms with Gasteiger partial charge in [0, 0.05) is 12.0 Å². The number of benzene rings is 2. The third-order valence-corrected chi connectivity index (χ3v) is 5.07. The third kappa shape index (κ3) is 5.84. The molecule has 0 heterocycles. The van der Waals surface area contributed by atoms with Gasteiger partial charge in [-0.2, -0.15) is 0 Å². The van der Waals surface area contributed by atoms with Gasteiger partial charge in [0.25, 0.3) is 0 Å². The molecule has 1 aliphatic carbocycles. The Hall–Kier alpha value is -3.88. The highest BCUT2D eigenvalue weighted by atomic mass is 16.5. The van der Waals surface area contributed by atoms with E-state index >= 15 is 0 Å². The lowest BCUT2D eigenvalue weighted by molar-refractivity contribution is -0.137. The summed E-state index contributed by atoms with van der Waals surface area (Å²) in [5.74, 6) is -2.21. The molecule has 0 fully saturated rings. The van der Waals surface area contributed by atoms with Gasteiger partial charge in [-0.25, -0.2) is 4.79 Å². The molecule has 2 aromatic rings. The molecule has 9 heteroatoms. The molecular weight excluding hydrogens is 414 g/mol. The molecule has 32 heavy (non-hydrogen) atoms. The van der Waals surface area contributed by atoms with Gasteiger partial charge in [-0.15, -0.1) is 0 Å². The first-order chi connectivity index (χ1) is 15.3. The zero-order valence-electron chi connectivity index (χ0n) is 17.6. The Bertz CT molecular complexity index is 977. The molecule has 0 unspecified atom stereocenters. The molecule has 0 spiro atoms. The Kier molecular flexibility index (Phi) is 7.43. The fourth-order valence-electron chi connectivity index (χ4n) is 3.68. The van der Waals surface area contributed by atoms with Crippen LogP contribution < -0.4 is 16.0 Å². The average molecular weight is 439 g/mol. The van der Waals surface area contributed by atoms with E-state index in [9.17, 15) is 19.2 Å². The van der Waals surface area contributed by atoms with E-state index in [0.29, 0.717) is 0 Å². The van der Waals surface area contributed by atoms with Crippen LogP contribution in [0.5, 0.6) is 0 Å². The Morgan fingerprint density at radius 2 is 1.47 bits per heavy atom. The fraction of sp³-hybridized carbons (Fsp3) is 0.304. The normalized spacial score (nSPS) is 12.8. The number of hydrogen-bond donors (Lipinski definition) is 4. The first-order valence-corrected chi connectivity index (χ1v) is 10.2. The summed E-state index contributed by atoms with van der Waals surface area (Å²) in [6.45, 7) is 1.00. The van der Waals surface area contributed by atoms with Gasteiger partial charge in [-0.3, -0.25) is 14.4 Å². The first kappa shape index (κ1) is 22.8. The highest BCUT2D eigenvalue weighted by molar-refractivity contribution is 5.87. The maximum atomic E-state index is 12.1. The summed E-state index contributed by atoms with van der Waals surface area (Å²) < 4.78 is 5.34. The summed E-state index contributed by atoms with van der Waals surface area (Å²) >= 11 is 0. The Balaban J connectivity index is 1.42. The summed E-state index contributed by atoms with van der Waals surface area (Å²) in [4.78, 5) is 46.2. The number of nitrogens with one attached hydrogen (secondary N) is 3. The zero-order chi connectivity index (χ0) is 23.1. The van der Waals surface area contributed by atoms with Gasteiger partial charge < -0.3 is 25.8 Å². The quantitative estimate of drug-likeness (QED) is 0.469. The fourth-order valence-corrected chi connectivity index (χ4v) is 3.68. The molecule has 9 nitrogen and oxygen atoms in total. The lowest BCUT2D eigenvalue weighted by Crippen LogP contribution is -2.44. The molecule has 1 aliphatic rings. The first-order valence-electron chi connectivity index (χ1n) is 10.2. The van der Waals surface area contributed by atoms with Gasteiger partial charge in [0.1, 0.15) is 13.2 Å². The van der Waals surface area contributed by atoms with Crippen LogP contribution in [-0.4, -0.2) is 54.7 Å². The number of fused-ring (bicyclic) bond motifs is 3. The van der Waals surface area contributed by atoms with Crippen molar-refractivity contribution in [1.29, 1.82) is 0 Å². The number of ether oxygens (including phenoxy) is 1. The standard InChI is InChI=1S/C23H25N3O6/c1-14(10-22(29)30)26-21(28)12-24-20(27)11-25-23(31)32-13-19-17-8-4-2-6-15(17)16-7-3-5-9-18(16)19/h2-9,14,19H,10-13H2,1H3,(H,24,27)(H,25,31)(H,26,28)(H,29,30)/t14-/m0/s1. The van der Waals surface area contributed by atoms with Crippen LogP contribution in [0, 0.1) is 0 Å². The van der Waals surface area contributed by atoms with Crippen molar-refractivity contribution in [2.24, 2.45) is 0 Å². The van der Waals surface area contributed by atoms with Gasteiger partial charge in [0.05, 0.1) is 13.0 Å².